The van der Waals surface area contributed by atoms with Crippen LogP contribution in [0.2, 0.25) is 0 Å². The molecule has 3 aromatic rings. The maximum absolute atomic E-state index is 12.8. The summed E-state index contributed by atoms with van der Waals surface area (Å²) in [5.41, 5.74) is 4.25. The summed E-state index contributed by atoms with van der Waals surface area (Å²) in [4.78, 5) is 28.8. The zero-order valence-corrected chi connectivity index (χ0v) is 34.4. The number of aromatic nitrogens is 2. The van der Waals surface area contributed by atoms with E-state index in [9.17, 15) is 14.7 Å². The predicted molar refractivity (Wildman–Crippen MR) is 221 cm³/mol. The Morgan fingerprint density at radius 3 is 2.24 bits per heavy atom. The van der Waals surface area contributed by atoms with Crippen molar-refractivity contribution < 1.29 is 23.7 Å². The molecule has 4 saturated heterocycles. The van der Waals surface area contributed by atoms with Crippen LogP contribution in [-0.2, 0) is 44.3 Å². The molecule has 0 saturated carbocycles. The minimum Gasteiger partial charge on any atom is -0.388 e. The second-order valence-electron chi connectivity index (χ2n) is 15.8. The Morgan fingerprint density at radius 1 is 1.02 bits per heavy atom. The number of anilines is 1. The first kappa shape index (κ1) is 41.3. The highest BCUT2D eigenvalue weighted by Gasteiger charge is 2.59. The molecule has 11 nitrogen and oxygen atoms in total. The van der Waals surface area contributed by atoms with Crippen LogP contribution in [-0.4, -0.2) is 73.8 Å². The van der Waals surface area contributed by atoms with E-state index >= 15 is 0 Å². The zero-order valence-electron chi connectivity index (χ0n) is 31.5. The van der Waals surface area contributed by atoms with Gasteiger partial charge in [0.15, 0.2) is 0 Å². The highest BCUT2D eigenvalue weighted by atomic mass is 32.1. The Bertz CT molecular complexity index is 1790. The smallest absolute Gasteiger partial charge is 0.351 e. The first-order valence-corrected chi connectivity index (χ1v) is 20.3. The van der Waals surface area contributed by atoms with E-state index in [1.54, 1.807) is 26.1 Å². The quantitative estimate of drug-likeness (QED) is 0.259. The van der Waals surface area contributed by atoms with Crippen molar-refractivity contribution in [3.05, 3.63) is 93.5 Å². The van der Waals surface area contributed by atoms with Crippen LogP contribution < -0.4 is 16.3 Å². The SMILES string of the molecule is CC[C@H]1O[C@@H](n2ccc(NC(=O)C(C)C)nc2=O)CC1OP1OC2(Cc3ccccc3C2)[C@@H]2CCCN21.OC1([C@@H]2CCCN2)Cc2ccccc2C1.S.S. The van der Waals surface area contributed by atoms with E-state index in [0.29, 0.717) is 18.5 Å². The summed E-state index contributed by atoms with van der Waals surface area (Å²) in [5.74, 6) is -0.120. The number of nitrogens with one attached hydrogen (secondary N) is 2. The lowest BCUT2D eigenvalue weighted by molar-refractivity contribution is -0.118. The largest absolute Gasteiger partial charge is 0.388 e. The Labute approximate surface area is 333 Å². The standard InChI is InChI=1S/C27H35N4O5P.C13H17NO.2H2S/c1-4-20-21(14-24(34-20)30-13-11-23(29-26(30)33)28-25(32)17(2)3)35-37-31-12-7-10-22(31)27(36-37)15-18-8-5-6-9-19(18)16-27;15-13(12-6-3-7-14-12)8-10-4-1-2-5-11(10)9-13;;/h5-6,8-9,11,13,17,20-22,24H,4,7,10,12,14-16H2,1-3H3,(H,28,29,32,33);1-2,4-5,12,14-15H,3,6-9H2;2*1H2/t20-,21?,22+,24-,37?;12-;;/m10../s1. The molecule has 4 aliphatic heterocycles. The molecular formula is C40H56N5O6PS2. The van der Waals surface area contributed by atoms with Crippen LogP contribution in [0.25, 0.3) is 0 Å². The zero-order chi connectivity index (χ0) is 36.0. The number of carbonyl (C=O) groups is 1. The summed E-state index contributed by atoms with van der Waals surface area (Å²) >= 11 is 0. The Kier molecular flexibility index (Phi) is 13.0. The number of rotatable bonds is 7. The third-order valence-corrected chi connectivity index (χ3v) is 13.8. The average molecular weight is 798 g/mol. The van der Waals surface area contributed by atoms with Crippen LogP contribution in [0.4, 0.5) is 5.82 Å². The van der Waals surface area contributed by atoms with E-state index in [0.717, 1.165) is 64.5 Å². The minimum absolute atomic E-state index is 0. The van der Waals surface area contributed by atoms with Gasteiger partial charge in [-0.3, -0.25) is 9.36 Å². The fraction of sp³-hybridized carbons (Fsp3) is 0.575. The summed E-state index contributed by atoms with van der Waals surface area (Å²) < 4.78 is 23.8. The highest BCUT2D eigenvalue weighted by Crippen LogP contribution is 2.64. The molecule has 1 spiro atoms. The Morgan fingerprint density at radius 2 is 1.67 bits per heavy atom. The van der Waals surface area contributed by atoms with Gasteiger partial charge < -0.3 is 29.5 Å². The van der Waals surface area contributed by atoms with Crippen LogP contribution in [0.1, 0.15) is 87.8 Å². The van der Waals surface area contributed by atoms with Crippen molar-refractivity contribution in [1.82, 2.24) is 19.5 Å². The lowest BCUT2D eigenvalue weighted by Crippen LogP contribution is -2.48. The van der Waals surface area contributed by atoms with Gasteiger partial charge in [0, 0.05) is 62.8 Å². The molecule has 9 rings (SSSR count). The molecule has 4 fully saturated rings. The molecule has 2 aliphatic carbocycles. The van der Waals surface area contributed by atoms with Crippen molar-refractivity contribution in [2.24, 2.45) is 5.92 Å². The molecule has 14 heteroatoms. The van der Waals surface area contributed by atoms with E-state index in [1.807, 2.05) is 0 Å². The molecule has 2 unspecified atom stereocenters. The molecule has 1 amide bonds. The average Bonchev–Trinajstić information content (AvgIpc) is 3.97. The molecule has 0 radical (unpaired) electrons. The number of carbonyl (C=O) groups excluding carboxylic acids is 1. The number of fused-ring (bicyclic) bond motifs is 4. The van der Waals surface area contributed by atoms with Crippen molar-refractivity contribution in [2.75, 3.05) is 18.4 Å². The number of nitrogens with zero attached hydrogens (tertiary/aromatic N) is 3. The third-order valence-electron chi connectivity index (χ3n) is 11.9. The van der Waals surface area contributed by atoms with Gasteiger partial charge in [0.25, 0.3) is 8.53 Å². The van der Waals surface area contributed by atoms with E-state index < -0.39 is 26.0 Å². The first-order chi connectivity index (χ1) is 25.1. The normalized spacial score (nSPS) is 28.5. The highest BCUT2D eigenvalue weighted by molar-refractivity contribution is 7.59. The van der Waals surface area contributed by atoms with Gasteiger partial charge in [-0.05, 0) is 67.0 Å². The predicted octanol–water partition coefficient (Wildman–Crippen LogP) is 5.67. The fourth-order valence-corrected chi connectivity index (χ4v) is 11.3. The first-order valence-electron chi connectivity index (χ1n) is 19.2. The lowest BCUT2D eigenvalue weighted by Gasteiger charge is -2.29. The number of aliphatic hydroxyl groups is 1. The minimum atomic E-state index is -1.21. The monoisotopic (exact) mass is 797 g/mol. The molecule has 0 bridgehead atoms. The van der Waals surface area contributed by atoms with Gasteiger partial charge >= 0.3 is 5.69 Å². The van der Waals surface area contributed by atoms with Gasteiger partial charge in [0.1, 0.15) is 17.6 Å². The maximum Gasteiger partial charge on any atom is 0.351 e. The second kappa shape index (κ2) is 17.0. The van der Waals surface area contributed by atoms with Crippen molar-refractivity contribution >= 4 is 47.2 Å². The molecule has 54 heavy (non-hydrogen) atoms. The maximum atomic E-state index is 12.8. The third kappa shape index (κ3) is 8.08. The Hall–Kier alpha value is -2.32. The summed E-state index contributed by atoms with van der Waals surface area (Å²) in [7, 11) is -1.21. The summed E-state index contributed by atoms with van der Waals surface area (Å²) in [6.45, 7) is 7.71. The van der Waals surface area contributed by atoms with E-state index in [2.05, 4.69) is 75.7 Å². The summed E-state index contributed by atoms with van der Waals surface area (Å²) in [6, 6.07) is 19.4. The van der Waals surface area contributed by atoms with Crippen molar-refractivity contribution in [3.8, 4) is 0 Å². The number of benzene rings is 2. The molecule has 6 atom stereocenters. The topological polar surface area (TPSA) is 127 Å². The van der Waals surface area contributed by atoms with Crippen molar-refractivity contribution in [2.45, 2.75) is 127 Å². The van der Waals surface area contributed by atoms with Gasteiger partial charge in [0.2, 0.25) is 5.91 Å². The van der Waals surface area contributed by atoms with Crippen molar-refractivity contribution in [3.63, 3.8) is 0 Å². The van der Waals surface area contributed by atoms with Crippen molar-refractivity contribution in [1.29, 1.82) is 0 Å². The van der Waals surface area contributed by atoms with Crippen LogP contribution in [0.15, 0.2) is 65.6 Å². The summed E-state index contributed by atoms with van der Waals surface area (Å²) in [5, 5.41) is 16.8. The Balaban J connectivity index is 0.000000245. The van der Waals surface area contributed by atoms with E-state index in [1.165, 1.54) is 33.2 Å². The summed E-state index contributed by atoms with van der Waals surface area (Å²) in [6.07, 6.45) is 10.3. The molecule has 3 N–H and O–H groups in total. The number of ether oxygens (including phenoxy) is 1. The van der Waals surface area contributed by atoms with Gasteiger partial charge in [-0.1, -0.05) is 69.3 Å². The number of amides is 1. The molecule has 1 aromatic heterocycles. The lowest BCUT2D eigenvalue weighted by atomic mass is 9.90. The van der Waals surface area contributed by atoms with Crippen LogP contribution in [0, 0.1) is 5.92 Å². The van der Waals surface area contributed by atoms with E-state index in [-0.39, 0.29) is 62.4 Å². The van der Waals surface area contributed by atoms with Crippen LogP contribution in [0.5, 0.6) is 0 Å². The number of hydrogen-bond acceptors (Lipinski definition) is 9. The van der Waals surface area contributed by atoms with Gasteiger partial charge in [0.05, 0.1) is 17.8 Å². The van der Waals surface area contributed by atoms with Gasteiger partial charge in [-0.25, -0.2) is 9.46 Å². The van der Waals surface area contributed by atoms with Gasteiger partial charge in [-0.15, -0.1) is 0 Å². The second-order valence-corrected chi connectivity index (χ2v) is 17.2. The molecule has 2 aromatic carbocycles. The van der Waals surface area contributed by atoms with Crippen LogP contribution in [0.3, 0.4) is 0 Å². The molecule has 5 heterocycles. The van der Waals surface area contributed by atoms with E-state index in [4.69, 9.17) is 13.8 Å². The molecular weight excluding hydrogens is 742 g/mol. The fourth-order valence-electron chi connectivity index (χ4n) is 9.19. The molecule has 294 valence electrons. The number of hydrogen-bond donors (Lipinski definition) is 3. The van der Waals surface area contributed by atoms with Crippen LogP contribution >= 0.6 is 35.5 Å². The van der Waals surface area contributed by atoms with Gasteiger partial charge in [-0.2, -0.15) is 32.0 Å². The molecule has 6 aliphatic rings.